The third-order valence-corrected chi connectivity index (χ3v) is 5.85. The standard InChI is InChI=1S/C29H24N2O2/c1-19-5-3-6-23(15-19)27(32)16-21-10-9-20(2)28(17-21)33-29-18-26(22-11-13-30-14-12-22)31-25-8-4-7-24(25)29/h3-7,9-15,17-18H,8,16H2,1-2H3. The van der Waals surface area contributed by atoms with E-state index in [1.807, 2.05) is 74.5 Å². The maximum atomic E-state index is 12.8. The number of nitrogens with zero attached hydrogens (tertiary/aromatic N) is 2. The van der Waals surface area contributed by atoms with Crippen molar-refractivity contribution in [2.45, 2.75) is 26.7 Å². The van der Waals surface area contributed by atoms with Gasteiger partial charge in [-0.1, -0.05) is 48.0 Å². The summed E-state index contributed by atoms with van der Waals surface area (Å²) in [6.07, 6.45) is 8.81. The molecule has 2 aromatic heterocycles. The van der Waals surface area contributed by atoms with Crippen LogP contribution in [-0.4, -0.2) is 15.8 Å². The first-order valence-corrected chi connectivity index (χ1v) is 11.0. The van der Waals surface area contributed by atoms with Gasteiger partial charge in [0.1, 0.15) is 11.5 Å². The van der Waals surface area contributed by atoms with Crippen molar-refractivity contribution < 1.29 is 9.53 Å². The monoisotopic (exact) mass is 432 g/mol. The predicted octanol–water partition coefficient (Wildman–Crippen LogP) is 6.55. The van der Waals surface area contributed by atoms with Crippen molar-refractivity contribution in [2.24, 2.45) is 0 Å². The van der Waals surface area contributed by atoms with E-state index in [1.165, 1.54) is 0 Å². The number of fused-ring (bicyclic) bond motifs is 1. The molecule has 0 N–H and O–H groups in total. The number of carbonyl (C=O) groups excluding carboxylic acids is 1. The number of carbonyl (C=O) groups is 1. The molecule has 0 bridgehead atoms. The summed E-state index contributed by atoms with van der Waals surface area (Å²) in [5.41, 5.74) is 7.63. The first-order valence-electron chi connectivity index (χ1n) is 11.0. The van der Waals surface area contributed by atoms with Crippen LogP contribution in [-0.2, 0) is 12.8 Å². The third kappa shape index (κ3) is 4.46. The van der Waals surface area contributed by atoms with E-state index in [0.29, 0.717) is 6.42 Å². The molecule has 4 nitrogen and oxygen atoms in total. The number of benzene rings is 2. The second-order valence-corrected chi connectivity index (χ2v) is 8.38. The topological polar surface area (TPSA) is 52.1 Å². The van der Waals surface area contributed by atoms with Crippen LogP contribution >= 0.6 is 0 Å². The first kappa shape index (κ1) is 20.8. The highest BCUT2D eigenvalue weighted by Gasteiger charge is 2.18. The van der Waals surface area contributed by atoms with Gasteiger partial charge in [0.25, 0.3) is 0 Å². The van der Waals surface area contributed by atoms with Crippen LogP contribution in [0.1, 0.15) is 38.3 Å². The Morgan fingerprint density at radius 3 is 2.64 bits per heavy atom. The van der Waals surface area contributed by atoms with Crippen LogP contribution in [0.15, 0.2) is 79.1 Å². The molecule has 0 radical (unpaired) electrons. The highest BCUT2D eigenvalue weighted by atomic mass is 16.5. The Kier molecular flexibility index (Phi) is 5.57. The summed E-state index contributed by atoms with van der Waals surface area (Å²) in [6, 6.07) is 19.6. The third-order valence-electron chi connectivity index (χ3n) is 5.85. The number of hydrogen-bond acceptors (Lipinski definition) is 4. The molecule has 1 aliphatic carbocycles. The van der Waals surface area contributed by atoms with Gasteiger partial charge in [-0.15, -0.1) is 0 Å². The summed E-state index contributed by atoms with van der Waals surface area (Å²) in [7, 11) is 0. The van der Waals surface area contributed by atoms with E-state index in [1.54, 1.807) is 12.4 Å². The van der Waals surface area contributed by atoms with Gasteiger partial charge < -0.3 is 4.74 Å². The highest BCUT2D eigenvalue weighted by molar-refractivity contribution is 5.97. The number of allylic oxidation sites excluding steroid dienone is 1. The average molecular weight is 433 g/mol. The number of hydrogen-bond donors (Lipinski definition) is 0. The van der Waals surface area contributed by atoms with E-state index >= 15 is 0 Å². The van der Waals surface area contributed by atoms with Crippen LogP contribution in [0.25, 0.3) is 17.3 Å². The molecule has 4 aromatic rings. The highest BCUT2D eigenvalue weighted by Crippen LogP contribution is 2.36. The summed E-state index contributed by atoms with van der Waals surface area (Å²) >= 11 is 0. The lowest BCUT2D eigenvalue weighted by molar-refractivity contribution is 0.0993. The van der Waals surface area contributed by atoms with Crippen molar-refractivity contribution in [1.82, 2.24) is 9.97 Å². The molecule has 0 aliphatic heterocycles. The van der Waals surface area contributed by atoms with E-state index < -0.39 is 0 Å². The van der Waals surface area contributed by atoms with Crippen LogP contribution < -0.4 is 4.74 Å². The minimum absolute atomic E-state index is 0.0983. The maximum absolute atomic E-state index is 12.8. The summed E-state index contributed by atoms with van der Waals surface area (Å²) in [5, 5.41) is 0. The lowest BCUT2D eigenvalue weighted by Gasteiger charge is -2.15. The smallest absolute Gasteiger partial charge is 0.167 e. The van der Waals surface area contributed by atoms with Crippen LogP contribution in [0.4, 0.5) is 0 Å². The zero-order chi connectivity index (χ0) is 22.8. The zero-order valence-corrected chi connectivity index (χ0v) is 18.7. The lowest BCUT2D eigenvalue weighted by Crippen LogP contribution is -2.04. The molecule has 2 heterocycles. The van der Waals surface area contributed by atoms with Crippen molar-refractivity contribution in [3.05, 3.63) is 113 Å². The Balaban J connectivity index is 1.45. The molecule has 0 amide bonds. The van der Waals surface area contributed by atoms with Gasteiger partial charge >= 0.3 is 0 Å². The van der Waals surface area contributed by atoms with Crippen LogP contribution in [0.3, 0.4) is 0 Å². The molecular formula is C29H24N2O2. The van der Waals surface area contributed by atoms with Crippen molar-refractivity contribution in [1.29, 1.82) is 0 Å². The lowest BCUT2D eigenvalue weighted by atomic mass is 10.0. The molecule has 0 atom stereocenters. The Morgan fingerprint density at radius 1 is 0.970 bits per heavy atom. The molecule has 5 rings (SSSR count). The number of ketones is 1. The van der Waals surface area contributed by atoms with E-state index in [0.717, 1.165) is 62.7 Å². The molecule has 2 aromatic carbocycles. The predicted molar refractivity (Wildman–Crippen MR) is 131 cm³/mol. The van der Waals surface area contributed by atoms with Gasteiger partial charge in [-0.05, 0) is 49.2 Å². The van der Waals surface area contributed by atoms with E-state index in [2.05, 4.69) is 17.1 Å². The number of rotatable bonds is 6. The quantitative estimate of drug-likeness (QED) is 0.324. The minimum Gasteiger partial charge on any atom is -0.456 e. The normalized spacial score (nSPS) is 11.9. The fourth-order valence-electron chi connectivity index (χ4n) is 4.05. The SMILES string of the molecule is Cc1cccc(C(=O)Cc2ccc(C)c(Oc3cc(-c4ccncc4)nc4c3C=CC4)c2)c1. The van der Waals surface area contributed by atoms with Gasteiger partial charge in [-0.3, -0.25) is 14.8 Å². The fourth-order valence-corrected chi connectivity index (χ4v) is 4.05. The molecule has 0 fully saturated rings. The molecular weight excluding hydrogens is 408 g/mol. The van der Waals surface area contributed by atoms with Gasteiger partial charge in [-0.25, -0.2) is 0 Å². The van der Waals surface area contributed by atoms with E-state index in [9.17, 15) is 4.79 Å². The molecule has 0 unspecified atom stereocenters. The fraction of sp³-hybridized carbons (Fsp3) is 0.138. The molecule has 0 saturated carbocycles. The molecule has 0 spiro atoms. The van der Waals surface area contributed by atoms with Gasteiger partial charge in [-0.2, -0.15) is 0 Å². The molecule has 162 valence electrons. The molecule has 33 heavy (non-hydrogen) atoms. The van der Waals surface area contributed by atoms with E-state index in [-0.39, 0.29) is 5.78 Å². The zero-order valence-electron chi connectivity index (χ0n) is 18.7. The van der Waals surface area contributed by atoms with Crippen LogP contribution in [0.2, 0.25) is 0 Å². The molecule has 0 saturated heterocycles. The largest absolute Gasteiger partial charge is 0.456 e. The van der Waals surface area contributed by atoms with Crippen molar-refractivity contribution in [3.63, 3.8) is 0 Å². The van der Waals surface area contributed by atoms with Crippen LogP contribution in [0, 0.1) is 13.8 Å². The van der Waals surface area contributed by atoms with E-state index in [4.69, 9.17) is 9.72 Å². The van der Waals surface area contributed by atoms with Gasteiger partial charge in [0.2, 0.25) is 0 Å². The van der Waals surface area contributed by atoms with Crippen molar-refractivity contribution in [2.75, 3.05) is 0 Å². The number of aryl methyl sites for hydroxylation is 2. The van der Waals surface area contributed by atoms with Crippen molar-refractivity contribution >= 4 is 11.9 Å². The maximum Gasteiger partial charge on any atom is 0.167 e. The van der Waals surface area contributed by atoms with Gasteiger partial charge in [0.15, 0.2) is 5.78 Å². The Bertz CT molecular complexity index is 1370. The average Bonchev–Trinajstić information content (AvgIpc) is 3.31. The Hall–Kier alpha value is -4.05. The second-order valence-electron chi connectivity index (χ2n) is 8.38. The summed E-state index contributed by atoms with van der Waals surface area (Å²) in [4.78, 5) is 21.7. The first-order chi connectivity index (χ1) is 16.1. The molecule has 1 aliphatic rings. The summed E-state index contributed by atoms with van der Waals surface area (Å²) in [6.45, 7) is 4.01. The number of aromatic nitrogens is 2. The number of pyridine rings is 2. The summed E-state index contributed by atoms with van der Waals surface area (Å²) < 4.78 is 6.44. The Morgan fingerprint density at radius 2 is 1.82 bits per heavy atom. The Labute approximate surface area is 193 Å². The molecule has 4 heteroatoms. The minimum atomic E-state index is 0.0983. The number of Topliss-reactive ketones (excluding diaryl/α,β-unsaturated/α-hetero) is 1. The van der Waals surface area contributed by atoms with Crippen LogP contribution in [0.5, 0.6) is 11.5 Å². The number of ether oxygens (including phenoxy) is 1. The van der Waals surface area contributed by atoms with Gasteiger partial charge in [0.05, 0.1) is 11.4 Å². The van der Waals surface area contributed by atoms with Gasteiger partial charge in [0, 0.05) is 48.0 Å². The van der Waals surface area contributed by atoms with Crippen molar-refractivity contribution in [3.8, 4) is 22.8 Å². The second kappa shape index (κ2) is 8.83. The summed E-state index contributed by atoms with van der Waals surface area (Å²) in [5.74, 6) is 1.62.